The Kier molecular flexibility index (Phi) is 4.83. The van der Waals surface area contributed by atoms with Crippen molar-refractivity contribution in [1.82, 2.24) is 5.32 Å². The van der Waals surface area contributed by atoms with Crippen LogP contribution in [0.3, 0.4) is 0 Å². The molecule has 1 aromatic carbocycles. The van der Waals surface area contributed by atoms with Gasteiger partial charge in [0.05, 0.1) is 22.5 Å². The molecule has 0 bridgehead atoms. The van der Waals surface area contributed by atoms with Gasteiger partial charge >= 0.3 is 5.97 Å². The van der Waals surface area contributed by atoms with Crippen molar-refractivity contribution in [2.24, 2.45) is 0 Å². The lowest BCUT2D eigenvalue weighted by Gasteiger charge is -2.37. The third-order valence-corrected chi connectivity index (χ3v) is 4.17. The van der Waals surface area contributed by atoms with Gasteiger partial charge in [0, 0.05) is 0 Å². The number of carbonyl (C=O) groups is 2. The number of amides is 1. The lowest BCUT2D eigenvalue weighted by molar-refractivity contribution is -0.139. The molecule has 1 fully saturated rings. The minimum atomic E-state index is -0.942. The molecule has 1 saturated carbocycles. The quantitative estimate of drug-likeness (QED) is 0.895. The van der Waals surface area contributed by atoms with Gasteiger partial charge in [-0.15, -0.1) is 0 Å². The fourth-order valence-corrected chi connectivity index (χ4v) is 3.10. The maximum absolute atomic E-state index is 13.0. The Bertz CT molecular complexity index is 556. The zero-order chi connectivity index (χ0) is 15.5. The molecular formula is C15H17ClFNO3. The molecule has 0 aromatic heterocycles. The Morgan fingerprint density at radius 1 is 1.29 bits per heavy atom. The Balaban J connectivity index is 2.19. The highest BCUT2D eigenvalue weighted by molar-refractivity contribution is 6.33. The monoisotopic (exact) mass is 313 g/mol. The van der Waals surface area contributed by atoms with Gasteiger partial charge in [0.1, 0.15) is 5.82 Å². The highest BCUT2D eigenvalue weighted by Gasteiger charge is 2.36. The number of aliphatic carboxylic acids is 1. The van der Waals surface area contributed by atoms with Crippen LogP contribution < -0.4 is 5.32 Å². The molecule has 21 heavy (non-hydrogen) atoms. The summed E-state index contributed by atoms with van der Waals surface area (Å²) in [6.07, 6.45) is 3.94. The number of hydrogen-bond acceptors (Lipinski definition) is 2. The molecule has 0 unspecified atom stereocenters. The average Bonchev–Trinajstić information content (AvgIpc) is 2.38. The lowest BCUT2D eigenvalue weighted by atomic mass is 9.79. The van der Waals surface area contributed by atoms with Gasteiger partial charge in [0.2, 0.25) is 0 Å². The van der Waals surface area contributed by atoms with Crippen LogP contribution >= 0.6 is 11.6 Å². The number of rotatable bonds is 4. The van der Waals surface area contributed by atoms with Crippen molar-refractivity contribution in [3.05, 3.63) is 34.6 Å². The fourth-order valence-electron chi connectivity index (χ4n) is 2.85. The fraction of sp³-hybridized carbons (Fsp3) is 0.467. The lowest BCUT2D eigenvalue weighted by Crippen LogP contribution is -2.51. The number of carbonyl (C=O) groups excluding carboxylic acids is 1. The van der Waals surface area contributed by atoms with E-state index in [4.69, 9.17) is 16.7 Å². The molecule has 0 saturated heterocycles. The van der Waals surface area contributed by atoms with E-state index in [0.717, 1.165) is 31.4 Å². The van der Waals surface area contributed by atoms with E-state index in [-0.39, 0.29) is 17.0 Å². The standard InChI is InChI=1S/C15H17ClFNO3/c16-12-8-10(17)4-5-11(12)14(21)18-15(9-13(19)20)6-2-1-3-7-15/h4-5,8H,1-3,6-7,9H2,(H,18,21)(H,19,20). The highest BCUT2D eigenvalue weighted by Crippen LogP contribution is 2.32. The zero-order valence-electron chi connectivity index (χ0n) is 11.5. The topological polar surface area (TPSA) is 66.4 Å². The Labute approximate surface area is 127 Å². The number of halogens is 2. The Hall–Kier alpha value is -1.62. The van der Waals surface area contributed by atoms with E-state index in [1.54, 1.807) is 0 Å². The van der Waals surface area contributed by atoms with E-state index in [0.29, 0.717) is 12.8 Å². The van der Waals surface area contributed by atoms with Crippen LogP contribution in [0.25, 0.3) is 0 Å². The summed E-state index contributed by atoms with van der Waals surface area (Å²) in [4.78, 5) is 23.4. The van der Waals surface area contributed by atoms with Gasteiger partial charge in [0.15, 0.2) is 0 Å². The molecule has 114 valence electrons. The molecule has 1 aliphatic rings. The minimum absolute atomic E-state index is 0.0220. The Morgan fingerprint density at radius 2 is 1.95 bits per heavy atom. The van der Waals surface area contributed by atoms with E-state index < -0.39 is 23.2 Å². The second-order valence-corrected chi connectivity index (χ2v) is 5.90. The van der Waals surface area contributed by atoms with E-state index in [9.17, 15) is 14.0 Å². The van der Waals surface area contributed by atoms with Gasteiger partial charge in [-0.1, -0.05) is 30.9 Å². The molecule has 4 nitrogen and oxygen atoms in total. The maximum atomic E-state index is 13.0. The van der Waals surface area contributed by atoms with Gasteiger partial charge in [-0.2, -0.15) is 0 Å². The van der Waals surface area contributed by atoms with Crippen molar-refractivity contribution in [2.45, 2.75) is 44.1 Å². The van der Waals surface area contributed by atoms with E-state index in [1.165, 1.54) is 6.07 Å². The predicted octanol–water partition coefficient (Wildman–Crippen LogP) is 3.39. The number of hydrogen-bond donors (Lipinski definition) is 2. The summed E-state index contributed by atoms with van der Waals surface area (Å²) >= 11 is 5.88. The summed E-state index contributed by atoms with van der Waals surface area (Å²) in [5, 5.41) is 11.9. The third kappa shape index (κ3) is 3.94. The molecular weight excluding hydrogens is 297 g/mol. The first-order chi connectivity index (χ1) is 9.92. The highest BCUT2D eigenvalue weighted by atomic mass is 35.5. The van der Waals surface area contributed by atoms with Crippen LogP contribution in [0, 0.1) is 5.82 Å². The molecule has 0 aliphatic heterocycles. The van der Waals surface area contributed by atoms with Gasteiger partial charge in [0.25, 0.3) is 5.91 Å². The van der Waals surface area contributed by atoms with E-state index in [2.05, 4.69) is 5.32 Å². The van der Waals surface area contributed by atoms with Crippen molar-refractivity contribution in [3.63, 3.8) is 0 Å². The van der Waals surface area contributed by atoms with Crippen LogP contribution in [0.1, 0.15) is 48.9 Å². The summed E-state index contributed by atoms with van der Waals surface area (Å²) in [6, 6.07) is 3.54. The Morgan fingerprint density at radius 3 is 2.52 bits per heavy atom. The SMILES string of the molecule is O=C(O)CC1(NC(=O)c2ccc(F)cc2Cl)CCCCC1. The summed E-state index contributed by atoms with van der Waals surface area (Å²) in [7, 11) is 0. The largest absolute Gasteiger partial charge is 0.481 e. The van der Waals surface area contributed by atoms with Gasteiger partial charge in [-0.25, -0.2) is 4.39 Å². The van der Waals surface area contributed by atoms with Crippen molar-refractivity contribution in [3.8, 4) is 0 Å². The van der Waals surface area contributed by atoms with Crippen molar-refractivity contribution in [2.75, 3.05) is 0 Å². The van der Waals surface area contributed by atoms with Crippen LogP contribution in [-0.2, 0) is 4.79 Å². The maximum Gasteiger partial charge on any atom is 0.305 e. The molecule has 0 radical (unpaired) electrons. The predicted molar refractivity (Wildman–Crippen MR) is 76.9 cm³/mol. The molecule has 1 amide bonds. The second-order valence-electron chi connectivity index (χ2n) is 5.49. The molecule has 2 N–H and O–H groups in total. The normalized spacial score (nSPS) is 17.2. The van der Waals surface area contributed by atoms with Crippen LogP contribution in [0.5, 0.6) is 0 Å². The first kappa shape index (κ1) is 15.8. The first-order valence-corrected chi connectivity index (χ1v) is 7.29. The smallest absolute Gasteiger partial charge is 0.305 e. The summed E-state index contributed by atoms with van der Waals surface area (Å²) in [5.41, 5.74) is -0.577. The van der Waals surface area contributed by atoms with Crippen molar-refractivity contribution in [1.29, 1.82) is 0 Å². The van der Waals surface area contributed by atoms with Gasteiger partial charge in [-0.05, 0) is 31.0 Å². The van der Waals surface area contributed by atoms with E-state index >= 15 is 0 Å². The number of benzene rings is 1. The molecule has 6 heteroatoms. The van der Waals surface area contributed by atoms with Crippen molar-refractivity contribution >= 4 is 23.5 Å². The summed E-state index contributed by atoms with van der Waals surface area (Å²) < 4.78 is 13.0. The molecule has 1 aromatic rings. The van der Waals surface area contributed by atoms with Crippen LogP contribution in [-0.4, -0.2) is 22.5 Å². The molecule has 0 spiro atoms. The summed E-state index contributed by atoms with van der Waals surface area (Å²) in [5.74, 6) is -1.92. The first-order valence-electron chi connectivity index (χ1n) is 6.91. The van der Waals surface area contributed by atoms with Crippen LogP contribution in [0.2, 0.25) is 5.02 Å². The zero-order valence-corrected chi connectivity index (χ0v) is 12.3. The summed E-state index contributed by atoms with van der Waals surface area (Å²) in [6.45, 7) is 0. The molecule has 2 rings (SSSR count). The van der Waals surface area contributed by atoms with Gasteiger partial charge < -0.3 is 10.4 Å². The molecule has 1 aliphatic carbocycles. The van der Waals surface area contributed by atoms with Crippen molar-refractivity contribution < 1.29 is 19.1 Å². The molecule has 0 heterocycles. The number of carboxylic acid groups (broad SMARTS) is 1. The van der Waals surface area contributed by atoms with Crippen LogP contribution in [0.15, 0.2) is 18.2 Å². The third-order valence-electron chi connectivity index (χ3n) is 3.85. The number of nitrogens with one attached hydrogen (secondary N) is 1. The average molecular weight is 314 g/mol. The van der Waals surface area contributed by atoms with Crippen LogP contribution in [0.4, 0.5) is 4.39 Å². The van der Waals surface area contributed by atoms with Gasteiger partial charge in [-0.3, -0.25) is 9.59 Å². The number of carboxylic acids is 1. The molecule has 0 atom stereocenters. The second kappa shape index (κ2) is 6.43. The minimum Gasteiger partial charge on any atom is -0.481 e. The van der Waals surface area contributed by atoms with E-state index in [1.807, 2.05) is 0 Å².